The zero-order chi connectivity index (χ0) is 18.4. The number of hydrogen-bond donors (Lipinski definition) is 0. The van der Waals surface area contributed by atoms with E-state index in [-0.39, 0.29) is 5.56 Å². The Labute approximate surface area is 152 Å². The Morgan fingerprint density at radius 3 is 2.42 bits per heavy atom. The number of carbonyl (C=O) groups excluding carboxylic acids is 1. The minimum absolute atomic E-state index is 0.137. The molecule has 0 atom stereocenters. The zero-order valence-electron chi connectivity index (χ0n) is 14.7. The highest BCUT2D eigenvalue weighted by Crippen LogP contribution is 2.18. The summed E-state index contributed by atoms with van der Waals surface area (Å²) >= 11 is 0. The first-order valence-electron chi connectivity index (χ1n) is 9.08. The van der Waals surface area contributed by atoms with Crippen molar-refractivity contribution in [3.8, 4) is 5.75 Å². The molecule has 5 heteroatoms. The smallest absolute Gasteiger partial charge is 0.195 e. The molecule has 1 aliphatic heterocycles. The van der Waals surface area contributed by atoms with Crippen molar-refractivity contribution in [2.24, 2.45) is 0 Å². The van der Waals surface area contributed by atoms with Crippen LogP contribution in [0.25, 0.3) is 0 Å². The highest BCUT2D eigenvalue weighted by atomic mass is 19.1. The Morgan fingerprint density at radius 1 is 1.00 bits per heavy atom. The Morgan fingerprint density at radius 2 is 1.73 bits per heavy atom. The molecule has 138 valence electrons. The predicted molar refractivity (Wildman–Crippen MR) is 96.6 cm³/mol. The first-order valence-corrected chi connectivity index (χ1v) is 9.08. The van der Waals surface area contributed by atoms with E-state index in [9.17, 15) is 13.6 Å². The minimum atomic E-state index is -0.854. The number of piperidine rings is 1. The third-order valence-electron chi connectivity index (χ3n) is 4.63. The van der Waals surface area contributed by atoms with Crippen molar-refractivity contribution in [1.29, 1.82) is 0 Å². The number of ether oxygens (including phenoxy) is 1. The molecule has 1 heterocycles. The number of rotatable bonds is 7. The van der Waals surface area contributed by atoms with Crippen LogP contribution >= 0.6 is 0 Å². The maximum absolute atomic E-state index is 13.7. The molecule has 1 aliphatic rings. The standard InChI is InChI=1S/C21H23F2NO2/c22-17-7-10-19(20(23)15-17)21(25)16-5-8-18(9-6-16)26-14-4-13-24-11-2-1-3-12-24/h5-10,15H,1-4,11-14H2. The topological polar surface area (TPSA) is 29.5 Å². The molecule has 0 amide bonds. The molecule has 1 saturated heterocycles. The molecule has 0 radical (unpaired) electrons. The van der Waals surface area contributed by atoms with Crippen LogP contribution in [0.15, 0.2) is 42.5 Å². The number of hydrogen-bond acceptors (Lipinski definition) is 3. The van der Waals surface area contributed by atoms with Gasteiger partial charge in [-0.1, -0.05) is 6.42 Å². The van der Waals surface area contributed by atoms with Gasteiger partial charge in [0.1, 0.15) is 17.4 Å². The quantitative estimate of drug-likeness (QED) is 0.540. The average Bonchev–Trinajstić information content (AvgIpc) is 2.66. The van der Waals surface area contributed by atoms with E-state index in [0.717, 1.165) is 25.1 Å². The molecule has 0 saturated carbocycles. The summed E-state index contributed by atoms with van der Waals surface area (Å²) in [5.74, 6) is -1.35. The lowest BCUT2D eigenvalue weighted by atomic mass is 10.0. The second-order valence-electron chi connectivity index (χ2n) is 6.58. The van der Waals surface area contributed by atoms with E-state index in [1.165, 1.54) is 32.4 Å². The maximum Gasteiger partial charge on any atom is 0.195 e. The maximum atomic E-state index is 13.7. The highest BCUT2D eigenvalue weighted by molar-refractivity contribution is 6.09. The fraction of sp³-hybridized carbons (Fsp3) is 0.381. The monoisotopic (exact) mass is 359 g/mol. The normalized spacial score (nSPS) is 15.0. The number of carbonyl (C=O) groups is 1. The SMILES string of the molecule is O=C(c1ccc(OCCCN2CCCCC2)cc1)c1ccc(F)cc1F. The van der Waals surface area contributed by atoms with Crippen molar-refractivity contribution < 1.29 is 18.3 Å². The van der Waals surface area contributed by atoms with Crippen LogP contribution in [-0.2, 0) is 0 Å². The van der Waals surface area contributed by atoms with Gasteiger partial charge in [-0.25, -0.2) is 8.78 Å². The van der Waals surface area contributed by atoms with Gasteiger partial charge in [0.2, 0.25) is 0 Å². The van der Waals surface area contributed by atoms with Gasteiger partial charge in [0.25, 0.3) is 0 Å². The second kappa shape index (κ2) is 8.90. The van der Waals surface area contributed by atoms with Gasteiger partial charge in [0, 0.05) is 18.2 Å². The van der Waals surface area contributed by atoms with E-state index < -0.39 is 17.4 Å². The van der Waals surface area contributed by atoms with Crippen molar-refractivity contribution in [2.75, 3.05) is 26.2 Å². The third kappa shape index (κ3) is 4.88. The zero-order valence-corrected chi connectivity index (χ0v) is 14.7. The van der Waals surface area contributed by atoms with Gasteiger partial charge < -0.3 is 9.64 Å². The lowest BCUT2D eigenvalue weighted by molar-refractivity contribution is 0.103. The highest BCUT2D eigenvalue weighted by Gasteiger charge is 2.15. The van der Waals surface area contributed by atoms with E-state index in [2.05, 4.69) is 4.90 Å². The molecule has 0 bridgehead atoms. The van der Waals surface area contributed by atoms with E-state index in [1.54, 1.807) is 24.3 Å². The molecule has 3 rings (SSSR count). The van der Waals surface area contributed by atoms with Gasteiger partial charge in [-0.05, 0) is 68.8 Å². The fourth-order valence-corrected chi connectivity index (χ4v) is 3.19. The summed E-state index contributed by atoms with van der Waals surface area (Å²) in [6, 6.07) is 9.57. The lowest BCUT2D eigenvalue weighted by Crippen LogP contribution is -2.31. The number of nitrogens with zero attached hydrogens (tertiary/aromatic N) is 1. The molecular formula is C21H23F2NO2. The molecule has 2 aromatic carbocycles. The van der Waals surface area contributed by atoms with Crippen LogP contribution in [0.4, 0.5) is 8.78 Å². The van der Waals surface area contributed by atoms with Gasteiger partial charge in [-0.3, -0.25) is 4.79 Å². The summed E-state index contributed by atoms with van der Waals surface area (Å²) in [6.45, 7) is 4.02. The van der Waals surface area contributed by atoms with Crippen molar-refractivity contribution in [3.05, 3.63) is 65.2 Å². The molecule has 0 N–H and O–H groups in total. The largest absolute Gasteiger partial charge is 0.494 e. The molecule has 26 heavy (non-hydrogen) atoms. The lowest BCUT2D eigenvalue weighted by Gasteiger charge is -2.26. The van der Waals surface area contributed by atoms with Gasteiger partial charge in [0.15, 0.2) is 5.78 Å². The van der Waals surface area contributed by atoms with Crippen molar-refractivity contribution >= 4 is 5.78 Å². The fourth-order valence-electron chi connectivity index (χ4n) is 3.19. The van der Waals surface area contributed by atoms with Crippen LogP contribution in [0.5, 0.6) is 5.75 Å². The molecule has 0 spiro atoms. The van der Waals surface area contributed by atoms with Crippen LogP contribution < -0.4 is 4.74 Å². The summed E-state index contributed by atoms with van der Waals surface area (Å²) in [7, 11) is 0. The second-order valence-corrected chi connectivity index (χ2v) is 6.58. The van der Waals surface area contributed by atoms with Gasteiger partial charge in [-0.15, -0.1) is 0 Å². The molecule has 1 fully saturated rings. The number of benzene rings is 2. The van der Waals surface area contributed by atoms with E-state index >= 15 is 0 Å². The third-order valence-corrected chi connectivity index (χ3v) is 4.63. The van der Waals surface area contributed by atoms with Crippen molar-refractivity contribution in [3.63, 3.8) is 0 Å². The number of likely N-dealkylation sites (tertiary alicyclic amines) is 1. The molecule has 0 aliphatic carbocycles. The molecular weight excluding hydrogens is 336 g/mol. The summed E-state index contributed by atoms with van der Waals surface area (Å²) in [5.41, 5.74) is 0.206. The van der Waals surface area contributed by atoms with Crippen LogP contribution in [0, 0.1) is 11.6 Å². The van der Waals surface area contributed by atoms with Crippen molar-refractivity contribution in [1.82, 2.24) is 4.90 Å². The predicted octanol–water partition coefficient (Wildman–Crippen LogP) is 4.45. The molecule has 0 aromatic heterocycles. The van der Waals surface area contributed by atoms with Crippen LogP contribution in [0.3, 0.4) is 0 Å². The number of ketones is 1. The Balaban J connectivity index is 1.50. The Hall–Kier alpha value is -2.27. The van der Waals surface area contributed by atoms with Gasteiger partial charge in [0.05, 0.1) is 12.2 Å². The molecule has 0 unspecified atom stereocenters. The van der Waals surface area contributed by atoms with Crippen molar-refractivity contribution in [2.45, 2.75) is 25.7 Å². The Bertz CT molecular complexity index is 740. The molecule has 2 aromatic rings. The van der Waals surface area contributed by atoms with E-state index in [0.29, 0.717) is 24.0 Å². The van der Waals surface area contributed by atoms with E-state index in [4.69, 9.17) is 4.74 Å². The average molecular weight is 359 g/mol. The first-order chi connectivity index (χ1) is 12.6. The summed E-state index contributed by atoms with van der Waals surface area (Å²) in [6.07, 6.45) is 4.86. The Kier molecular flexibility index (Phi) is 6.34. The first kappa shape index (κ1) is 18.5. The van der Waals surface area contributed by atoms with Crippen LogP contribution in [0.2, 0.25) is 0 Å². The van der Waals surface area contributed by atoms with Crippen LogP contribution in [0.1, 0.15) is 41.6 Å². The molecule has 3 nitrogen and oxygen atoms in total. The van der Waals surface area contributed by atoms with Gasteiger partial charge >= 0.3 is 0 Å². The summed E-state index contributed by atoms with van der Waals surface area (Å²) < 4.78 is 32.4. The minimum Gasteiger partial charge on any atom is -0.494 e. The van der Waals surface area contributed by atoms with E-state index in [1.807, 2.05) is 0 Å². The summed E-state index contributed by atoms with van der Waals surface area (Å²) in [5, 5.41) is 0. The van der Waals surface area contributed by atoms with Crippen LogP contribution in [-0.4, -0.2) is 36.9 Å². The summed E-state index contributed by atoms with van der Waals surface area (Å²) in [4.78, 5) is 14.8. The number of halogens is 2. The van der Waals surface area contributed by atoms with Gasteiger partial charge in [-0.2, -0.15) is 0 Å².